The molecule has 17 heavy (non-hydrogen) atoms. The Balaban J connectivity index is 3.28. The van der Waals surface area contributed by atoms with Gasteiger partial charge in [0.2, 0.25) is 6.41 Å². The van der Waals surface area contributed by atoms with E-state index in [0.717, 1.165) is 45.1 Å². The summed E-state index contributed by atoms with van der Waals surface area (Å²) in [5, 5.41) is 2.63. The van der Waals surface area contributed by atoms with Crippen molar-refractivity contribution in [2.75, 3.05) is 6.54 Å². The fourth-order valence-corrected chi connectivity index (χ4v) is 1.48. The van der Waals surface area contributed by atoms with E-state index in [4.69, 9.17) is 4.74 Å². The largest absolute Gasteiger partial charge is 0.460 e. The minimum absolute atomic E-state index is 0.111. The van der Waals surface area contributed by atoms with E-state index in [1.807, 2.05) is 20.8 Å². The van der Waals surface area contributed by atoms with Gasteiger partial charge in [-0.2, -0.15) is 0 Å². The fourth-order valence-electron chi connectivity index (χ4n) is 1.48. The number of carbonyl (C=O) groups is 2. The average molecular weight is 243 g/mol. The van der Waals surface area contributed by atoms with Crippen LogP contribution in [0.3, 0.4) is 0 Å². The summed E-state index contributed by atoms with van der Waals surface area (Å²) in [7, 11) is 0. The van der Waals surface area contributed by atoms with Gasteiger partial charge in [-0.1, -0.05) is 19.3 Å². The summed E-state index contributed by atoms with van der Waals surface area (Å²) in [6.45, 7) is 6.39. The zero-order chi connectivity index (χ0) is 13.1. The molecule has 0 aliphatic carbocycles. The van der Waals surface area contributed by atoms with Crippen molar-refractivity contribution in [3.05, 3.63) is 0 Å². The second-order valence-corrected chi connectivity index (χ2v) is 5.18. The summed E-state index contributed by atoms with van der Waals surface area (Å²) in [6, 6.07) is 0. The number of carbonyl (C=O) groups excluding carboxylic acids is 2. The van der Waals surface area contributed by atoms with E-state index in [0.29, 0.717) is 6.42 Å². The summed E-state index contributed by atoms with van der Waals surface area (Å²) < 4.78 is 5.21. The Kier molecular flexibility index (Phi) is 8.46. The van der Waals surface area contributed by atoms with Crippen LogP contribution in [0.4, 0.5) is 0 Å². The molecule has 0 aliphatic heterocycles. The third-order valence-electron chi connectivity index (χ3n) is 2.21. The summed E-state index contributed by atoms with van der Waals surface area (Å²) in [6.07, 6.45) is 6.35. The number of nitrogens with one attached hydrogen (secondary N) is 1. The zero-order valence-corrected chi connectivity index (χ0v) is 11.3. The second kappa shape index (κ2) is 9.02. The Morgan fingerprint density at radius 1 is 1.12 bits per heavy atom. The van der Waals surface area contributed by atoms with Crippen molar-refractivity contribution in [2.24, 2.45) is 0 Å². The first-order valence-electron chi connectivity index (χ1n) is 6.34. The second-order valence-electron chi connectivity index (χ2n) is 5.18. The van der Waals surface area contributed by atoms with E-state index in [1.165, 1.54) is 0 Å². The van der Waals surface area contributed by atoms with E-state index in [1.54, 1.807) is 0 Å². The molecule has 0 heterocycles. The molecule has 4 nitrogen and oxygen atoms in total. The molecule has 0 bridgehead atoms. The van der Waals surface area contributed by atoms with Crippen LogP contribution < -0.4 is 5.32 Å². The molecule has 0 radical (unpaired) electrons. The van der Waals surface area contributed by atoms with E-state index >= 15 is 0 Å². The van der Waals surface area contributed by atoms with Gasteiger partial charge in [0, 0.05) is 13.0 Å². The van der Waals surface area contributed by atoms with Gasteiger partial charge in [-0.25, -0.2) is 0 Å². The lowest BCUT2D eigenvalue weighted by molar-refractivity contribution is -0.154. The molecule has 4 heteroatoms. The highest BCUT2D eigenvalue weighted by molar-refractivity contribution is 5.69. The van der Waals surface area contributed by atoms with Crippen LogP contribution in [0.2, 0.25) is 0 Å². The van der Waals surface area contributed by atoms with Crippen LogP contribution in [-0.2, 0) is 14.3 Å². The maximum Gasteiger partial charge on any atom is 0.306 e. The number of rotatable bonds is 9. The molecule has 0 saturated heterocycles. The lowest BCUT2D eigenvalue weighted by Gasteiger charge is -2.19. The molecule has 0 aromatic carbocycles. The van der Waals surface area contributed by atoms with Crippen LogP contribution in [0, 0.1) is 0 Å². The number of hydrogen-bond donors (Lipinski definition) is 1. The Bertz CT molecular complexity index is 221. The van der Waals surface area contributed by atoms with Gasteiger partial charge in [-0.15, -0.1) is 0 Å². The molecule has 0 saturated carbocycles. The van der Waals surface area contributed by atoms with Crippen molar-refractivity contribution in [3.63, 3.8) is 0 Å². The number of unbranched alkanes of at least 4 members (excludes halogenated alkanes) is 4. The van der Waals surface area contributed by atoms with Gasteiger partial charge in [0.25, 0.3) is 0 Å². The standard InChI is InChI=1S/C13H25NO3/c1-13(2,3)17-12(16)9-7-5-4-6-8-10-14-11-15/h11H,4-10H2,1-3H3,(H,14,15). The molecule has 100 valence electrons. The Labute approximate surface area is 104 Å². The van der Waals surface area contributed by atoms with Crippen molar-refractivity contribution in [2.45, 2.75) is 64.9 Å². The van der Waals surface area contributed by atoms with Crippen molar-refractivity contribution >= 4 is 12.4 Å². The Morgan fingerprint density at radius 3 is 2.29 bits per heavy atom. The predicted octanol–water partition coefficient (Wildman–Crippen LogP) is 2.41. The quantitative estimate of drug-likeness (QED) is 0.384. The maximum absolute atomic E-state index is 11.4. The van der Waals surface area contributed by atoms with Crippen molar-refractivity contribution in [3.8, 4) is 0 Å². The lowest BCUT2D eigenvalue weighted by Crippen LogP contribution is -2.23. The smallest absolute Gasteiger partial charge is 0.306 e. The van der Waals surface area contributed by atoms with E-state index in [9.17, 15) is 9.59 Å². The number of hydrogen-bond acceptors (Lipinski definition) is 3. The van der Waals surface area contributed by atoms with Gasteiger partial charge in [-0.3, -0.25) is 9.59 Å². The third-order valence-corrected chi connectivity index (χ3v) is 2.21. The van der Waals surface area contributed by atoms with Crippen LogP contribution in [0.25, 0.3) is 0 Å². The van der Waals surface area contributed by atoms with Gasteiger partial charge in [0.15, 0.2) is 0 Å². The van der Waals surface area contributed by atoms with Gasteiger partial charge < -0.3 is 10.1 Å². The monoisotopic (exact) mass is 243 g/mol. The highest BCUT2D eigenvalue weighted by Crippen LogP contribution is 2.11. The van der Waals surface area contributed by atoms with Crippen LogP contribution in [0.5, 0.6) is 0 Å². The molecule has 0 atom stereocenters. The number of ether oxygens (including phenoxy) is 1. The zero-order valence-electron chi connectivity index (χ0n) is 11.3. The molecule has 0 fully saturated rings. The number of amides is 1. The summed E-state index contributed by atoms with van der Waals surface area (Å²) >= 11 is 0. The Hall–Kier alpha value is -1.06. The molecule has 0 aliphatic rings. The van der Waals surface area contributed by atoms with Gasteiger partial charge in [-0.05, 0) is 33.6 Å². The van der Waals surface area contributed by atoms with Crippen molar-refractivity contribution < 1.29 is 14.3 Å². The molecule has 0 spiro atoms. The minimum Gasteiger partial charge on any atom is -0.460 e. The highest BCUT2D eigenvalue weighted by atomic mass is 16.6. The van der Waals surface area contributed by atoms with Crippen molar-refractivity contribution in [1.82, 2.24) is 5.32 Å². The molecule has 1 amide bonds. The fraction of sp³-hybridized carbons (Fsp3) is 0.846. The minimum atomic E-state index is -0.377. The van der Waals surface area contributed by atoms with E-state index in [2.05, 4.69) is 5.32 Å². The van der Waals surface area contributed by atoms with Gasteiger partial charge >= 0.3 is 5.97 Å². The van der Waals surface area contributed by atoms with Crippen LogP contribution in [0.15, 0.2) is 0 Å². The topological polar surface area (TPSA) is 55.4 Å². The molecule has 0 unspecified atom stereocenters. The normalized spacial score (nSPS) is 11.0. The van der Waals surface area contributed by atoms with Crippen molar-refractivity contribution in [1.29, 1.82) is 0 Å². The molecular weight excluding hydrogens is 218 g/mol. The summed E-state index contributed by atoms with van der Waals surface area (Å²) in [5.41, 5.74) is -0.377. The van der Waals surface area contributed by atoms with Gasteiger partial charge in [0.05, 0.1) is 0 Å². The first kappa shape index (κ1) is 15.9. The number of esters is 1. The van der Waals surface area contributed by atoms with Crippen LogP contribution >= 0.6 is 0 Å². The third kappa shape index (κ3) is 12.9. The predicted molar refractivity (Wildman–Crippen MR) is 67.6 cm³/mol. The molecular formula is C13H25NO3. The van der Waals surface area contributed by atoms with Gasteiger partial charge in [0.1, 0.15) is 5.60 Å². The highest BCUT2D eigenvalue weighted by Gasteiger charge is 2.15. The van der Waals surface area contributed by atoms with E-state index < -0.39 is 0 Å². The van der Waals surface area contributed by atoms with E-state index in [-0.39, 0.29) is 11.6 Å². The molecule has 0 rings (SSSR count). The summed E-state index contributed by atoms with van der Waals surface area (Å²) in [5.74, 6) is -0.111. The maximum atomic E-state index is 11.4. The summed E-state index contributed by atoms with van der Waals surface area (Å²) in [4.78, 5) is 21.3. The molecule has 0 aromatic heterocycles. The van der Waals surface area contributed by atoms with Crippen LogP contribution in [-0.4, -0.2) is 24.5 Å². The molecule has 1 N–H and O–H groups in total. The molecule has 0 aromatic rings. The first-order valence-corrected chi connectivity index (χ1v) is 6.34. The SMILES string of the molecule is CC(C)(C)OC(=O)CCCCCCCNC=O. The Morgan fingerprint density at radius 2 is 1.71 bits per heavy atom. The first-order chi connectivity index (χ1) is 7.95. The van der Waals surface area contributed by atoms with Crippen LogP contribution in [0.1, 0.15) is 59.3 Å². The average Bonchev–Trinajstić information content (AvgIpc) is 2.19. The lowest BCUT2D eigenvalue weighted by atomic mass is 10.1.